The van der Waals surface area contributed by atoms with Gasteiger partial charge < -0.3 is 11.1 Å². The molecule has 0 unspecified atom stereocenters. The monoisotopic (exact) mass is 295 g/mol. The molecule has 0 aliphatic rings. The van der Waals surface area contributed by atoms with Crippen LogP contribution in [-0.2, 0) is 12.7 Å². The Labute approximate surface area is 118 Å². The standard InChI is InChI=1S/C14H12F3N3O/c15-14(16,17)10-3-1-2-4-11(10)20-13(21)12-6-5-9(7-18)8-19-12/h1-6,8H,7,18H2,(H,20,21). The number of pyridine rings is 1. The number of nitrogens with zero attached hydrogens (tertiary/aromatic N) is 1. The number of carbonyl (C=O) groups excluding carboxylic acids is 1. The molecule has 7 heteroatoms. The maximum absolute atomic E-state index is 12.8. The van der Waals surface area contributed by atoms with Gasteiger partial charge in [-0.15, -0.1) is 0 Å². The van der Waals surface area contributed by atoms with E-state index in [1.54, 1.807) is 6.07 Å². The normalized spacial score (nSPS) is 11.2. The third-order valence-corrected chi connectivity index (χ3v) is 2.77. The van der Waals surface area contributed by atoms with Crippen LogP contribution in [0.15, 0.2) is 42.6 Å². The van der Waals surface area contributed by atoms with Gasteiger partial charge in [-0.1, -0.05) is 18.2 Å². The van der Waals surface area contributed by atoms with Crippen LogP contribution < -0.4 is 11.1 Å². The average Bonchev–Trinajstić information content (AvgIpc) is 2.47. The third-order valence-electron chi connectivity index (χ3n) is 2.77. The van der Waals surface area contributed by atoms with Crippen LogP contribution in [0, 0.1) is 0 Å². The molecule has 2 rings (SSSR count). The van der Waals surface area contributed by atoms with Gasteiger partial charge in [0.05, 0.1) is 11.3 Å². The van der Waals surface area contributed by atoms with Gasteiger partial charge >= 0.3 is 6.18 Å². The molecule has 0 fully saturated rings. The molecule has 0 aliphatic heterocycles. The molecule has 110 valence electrons. The van der Waals surface area contributed by atoms with E-state index in [1.165, 1.54) is 30.5 Å². The minimum absolute atomic E-state index is 0.0178. The summed E-state index contributed by atoms with van der Waals surface area (Å²) in [6.45, 7) is 0.270. The van der Waals surface area contributed by atoms with Gasteiger partial charge in [0.2, 0.25) is 0 Å². The van der Waals surface area contributed by atoms with Gasteiger partial charge in [-0.25, -0.2) is 0 Å². The van der Waals surface area contributed by atoms with E-state index >= 15 is 0 Å². The van der Waals surface area contributed by atoms with E-state index in [1.807, 2.05) is 0 Å². The molecule has 0 radical (unpaired) electrons. The van der Waals surface area contributed by atoms with Crippen LogP contribution in [0.4, 0.5) is 18.9 Å². The van der Waals surface area contributed by atoms with Crippen LogP contribution in [0.2, 0.25) is 0 Å². The van der Waals surface area contributed by atoms with E-state index in [0.717, 1.165) is 11.6 Å². The van der Waals surface area contributed by atoms with Crippen LogP contribution in [0.5, 0.6) is 0 Å². The molecule has 2 aromatic rings. The van der Waals surface area contributed by atoms with Gasteiger partial charge in [0.25, 0.3) is 5.91 Å². The molecular weight excluding hydrogens is 283 g/mol. The molecular formula is C14H12F3N3O. The summed E-state index contributed by atoms with van der Waals surface area (Å²) in [6, 6.07) is 7.77. The highest BCUT2D eigenvalue weighted by Crippen LogP contribution is 2.34. The fourth-order valence-corrected chi connectivity index (χ4v) is 1.71. The van der Waals surface area contributed by atoms with Gasteiger partial charge in [0.15, 0.2) is 0 Å². The molecule has 0 saturated heterocycles. The Bertz CT molecular complexity index is 639. The lowest BCUT2D eigenvalue weighted by atomic mass is 10.1. The number of amides is 1. The van der Waals surface area contributed by atoms with Crippen LogP contribution >= 0.6 is 0 Å². The van der Waals surface area contributed by atoms with E-state index in [9.17, 15) is 18.0 Å². The summed E-state index contributed by atoms with van der Waals surface area (Å²) in [5.41, 5.74) is 4.93. The lowest BCUT2D eigenvalue weighted by Crippen LogP contribution is -2.17. The second kappa shape index (κ2) is 5.92. The Morgan fingerprint density at radius 1 is 1.19 bits per heavy atom. The van der Waals surface area contributed by atoms with E-state index in [-0.39, 0.29) is 17.9 Å². The van der Waals surface area contributed by atoms with Crippen molar-refractivity contribution in [3.8, 4) is 0 Å². The number of aromatic nitrogens is 1. The highest BCUT2D eigenvalue weighted by atomic mass is 19.4. The first kappa shape index (κ1) is 15.0. The van der Waals surface area contributed by atoms with Crippen molar-refractivity contribution < 1.29 is 18.0 Å². The zero-order valence-electron chi connectivity index (χ0n) is 10.8. The minimum atomic E-state index is -4.54. The number of rotatable bonds is 3. The zero-order valence-corrected chi connectivity index (χ0v) is 10.8. The maximum atomic E-state index is 12.8. The SMILES string of the molecule is NCc1ccc(C(=O)Nc2ccccc2C(F)(F)F)nc1. The fourth-order valence-electron chi connectivity index (χ4n) is 1.71. The molecule has 0 spiro atoms. The Morgan fingerprint density at radius 2 is 1.90 bits per heavy atom. The smallest absolute Gasteiger partial charge is 0.326 e. The predicted molar refractivity (Wildman–Crippen MR) is 71.5 cm³/mol. The Kier molecular flexibility index (Phi) is 4.23. The third kappa shape index (κ3) is 3.57. The van der Waals surface area contributed by atoms with Crippen molar-refractivity contribution in [3.05, 3.63) is 59.4 Å². The van der Waals surface area contributed by atoms with E-state index in [0.29, 0.717) is 0 Å². The number of alkyl halides is 3. The summed E-state index contributed by atoms with van der Waals surface area (Å²) in [4.78, 5) is 15.8. The average molecular weight is 295 g/mol. The predicted octanol–water partition coefficient (Wildman–Crippen LogP) is 2.81. The topological polar surface area (TPSA) is 68.0 Å². The van der Waals surface area contributed by atoms with Gasteiger partial charge in [-0.3, -0.25) is 9.78 Å². The lowest BCUT2D eigenvalue weighted by Gasteiger charge is -2.13. The van der Waals surface area contributed by atoms with Gasteiger partial charge in [-0.2, -0.15) is 13.2 Å². The van der Waals surface area contributed by atoms with Gasteiger partial charge in [0, 0.05) is 12.7 Å². The number of halogens is 3. The van der Waals surface area contributed by atoms with Crippen molar-refractivity contribution >= 4 is 11.6 Å². The van der Waals surface area contributed by atoms with Crippen LogP contribution in [-0.4, -0.2) is 10.9 Å². The summed E-state index contributed by atoms with van der Waals surface area (Å²) in [7, 11) is 0. The molecule has 0 aliphatic carbocycles. The second-order valence-electron chi connectivity index (χ2n) is 4.25. The Balaban J connectivity index is 2.23. The number of para-hydroxylation sites is 1. The molecule has 3 N–H and O–H groups in total. The maximum Gasteiger partial charge on any atom is 0.418 e. The van der Waals surface area contributed by atoms with Crippen LogP contribution in [0.25, 0.3) is 0 Å². The first-order valence-corrected chi connectivity index (χ1v) is 6.04. The van der Waals surface area contributed by atoms with Crippen molar-refractivity contribution in [1.29, 1.82) is 0 Å². The summed E-state index contributed by atoms with van der Waals surface area (Å²) >= 11 is 0. The number of hydrogen-bond donors (Lipinski definition) is 2. The van der Waals surface area contributed by atoms with E-state index < -0.39 is 17.6 Å². The molecule has 1 aromatic carbocycles. The summed E-state index contributed by atoms with van der Waals surface area (Å²) in [5, 5.41) is 2.22. The van der Waals surface area contributed by atoms with Crippen molar-refractivity contribution in [1.82, 2.24) is 4.98 Å². The molecule has 1 aromatic heterocycles. The van der Waals surface area contributed by atoms with E-state index in [4.69, 9.17) is 5.73 Å². The summed E-state index contributed by atoms with van der Waals surface area (Å²) < 4.78 is 38.5. The molecule has 0 atom stereocenters. The Morgan fingerprint density at radius 3 is 2.48 bits per heavy atom. The number of benzene rings is 1. The second-order valence-corrected chi connectivity index (χ2v) is 4.25. The van der Waals surface area contributed by atoms with Crippen molar-refractivity contribution in [2.75, 3.05) is 5.32 Å². The molecule has 21 heavy (non-hydrogen) atoms. The quantitative estimate of drug-likeness (QED) is 0.915. The highest BCUT2D eigenvalue weighted by molar-refractivity contribution is 6.03. The van der Waals surface area contributed by atoms with Crippen molar-refractivity contribution in [2.45, 2.75) is 12.7 Å². The molecule has 0 bridgehead atoms. The number of carbonyl (C=O) groups is 1. The van der Waals surface area contributed by atoms with Crippen LogP contribution in [0.1, 0.15) is 21.6 Å². The number of nitrogens with one attached hydrogen (secondary N) is 1. The number of anilines is 1. The van der Waals surface area contributed by atoms with Crippen molar-refractivity contribution in [3.63, 3.8) is 0 Å². The first-order valence-electron chi connectivity index (χ1n) is 6.04. The van der Waals surface area contributed by atoms with Crippen LogP contribution in [0.3, 0.4) is 0 Å². The first-order chi connectivity index (χ1) is 9.91. The highest BCUT2D eigenvalue weighted by Gasteiger charge is 2.33. The molecule has 4 nitrogen and oxygen atoms in total. The summed E-state index contributed by atoms with van der Waals surface area (Å²) in [5.74, 6) is -0.713. The van der Waals surface area contributed by atoms with Gasteiger partial charge in [-0.05, 0) is 23.8 Å². The largest absolute Gasteiger partial charge is 0.418 e. The minimum Gasteiger partial charge on any atom is -0.326 e. The lowest BCUT2D eigenvalue weighted by molar-refractivity contribution is -0.136. The molecule has 1 amide bonds. The number of hydrogen-bond acceptors (Lipinski definition) is 3. The summed E-state index contributed by atoms with van der Waals surface area (Å²) in [6.07, 6.45) is -3.13. The Hall–Kier alpha value is -2.41. The van der Waals surface area contributed by atoms with E-state index in [2.05, 4.69) is 10.3 Å². The molecule has 0 saturated carbocycles. The fraction of sp³-hybridized carbons (Fsp3) is 0.143. The molecule has 1 heterocycles. The van der Waals surface area contributed by atoms with Gasteiger partial charge in [0.1, 0.15) is 5.69 Å². The number of nitrogens with two attached hydrogens (primary N) is 1. The van der Waals surface area contributed by atoms with Crippen molar-refractivity contribution in [2.24, 2.45) is 5.73 Å². The zero-order chi connectivity index (χ0) is 15.5.